The Morgan fingerprint density at radius 3 is 2.44 bits per heavy atom. The van der Waals surface area contributed by atoms with Gasteiger partial charge in [-0.3, -0.25) is 0 Å². The van der Waals surface area contributed by atoms with Gasteiger partial charge in [0.05, 0.1) is 7.11 Å². The van der Waals surface area contributed by atoms with Gasteiger partial charge in [0.1, 0.15) is 23.9 Å². The molecule has 4 rings (SSSR count). The molecule has 0 aliphatic rings. The number of ether oxygens (including phenoxy) is 2. The summed E-state index contributed by atoms with van der Waals surface area (Å²) in [6, 6.07) is 13.4. The van der Waals surface area contributed by atoms with E-state index in [0.717, 1.165) is 16.3 Å². The summed E-state index contributed by atoms with van der Waals surface area (Å²) in [7, 11) is 1.62. The van der Waals surface area contributed by atoms with E-state index in [-0.39, 0.29) is 12.4 Å². The Morgan fingerprint density at radius 2 is 1.72 bits per heavy atom. The Labute approximate surface area is 146 Å². The molecule has 0 amide bonds. The number of hydrogen-bond donors (Lipinski definition) is 0. The summed E-state index contributed by atoms with van der Waals surface area (Å²) in [5.41, 5.74) is 0.893. The topological polar surface area (TPSA) is 61.5 Å². The second-order valence-electron chi connectivity index (χ2n) is 5.18. The molecule has 0 radical (unpaired) electrons. The first kappa shape index (κ1) is 15.5. The van der Waals surface area contributed by atoms with Crippen molar-refractivity contribution in [2.24, 2.45) is 0 Å². The zero-order valence-electron chi connectivity index (χ0n) is 13.2. The first-order chi connectivity index (χ1) is 12.2. The van der Waals surface area contributed by atoms with Crippen LogP contribution >= 0.6 is 11.3 Å². The maximum atomic E-state index is 12.9. The number of methoxy groups -OCH3 is 1. The molecule has 0 spiro atoms. The van der Waals surface area contributed by atoms with E-state index in [1.807, 2.05) is 24.3 Å². The van der Waals surface area contributed by atoms with Crippen molar-refractivity contribution in [3.8, 4) is 22.9 Å². The molecule has 0 fully saturated rings. The molecule has 0 saturated carbocycles. The summed E-state index contributed by atoms with van der Waals surface area (Å²) < 4.78 is 25.4. The Balaban J connectivity index is 1.56. The fraction of sp³-hybridized carbons (Fsp3) is 0.118. The van der Waals surface area contributed by atoms with Crippen molar-refractivity contribution in [3.63, 3.8) is 0 Å². The Bertz CT molecular complexity index is 996. The van der Waals surface area contributed by atoms with Crippen LogP contribution < -0.4 is 9.47 Å². The highest BCUT2D eigenvalue weighted by Gasteiger charge is 2.14. The molecule has 126 valence electrons. The SMILES string of the molecule is COc1ccc(-c2nnc3sc(COc4ccc(F)cc4)nn23)cc1. The van der Waals surface area contributed by atoms with Crippen LogP contribution in [-0.2, 0) is 6.61 Å². The quantitative estimate of drug-likeness (QED) is 0.547. The third kappa shape index (κ3) is 3.16. The molecule has 2 aromatic carbocycles. The molecular formula is C17H13FN4O2S. The normalized spacial score (nSPS) is 11.0. The maximum Gasteiger partial charge on any atom is 0.235 e. The zero-order valence-corrected chi connectivity index (χ0v) is 14.0. The van der Waals surface area contributed by atoms with E-state index < -0.39 is 0 Å². The molecule has 0 unspecified atom stereocenters. The standard InChI is InChI=1S/C17H13FN4O2S/c1-23-13-6-2-11(3-7-13)16-19-20-17-22(16)21-15(25-17)10-24-14-8-4-12(18)5-9-14/h2-9H,10H2,1H3. The first-order valence-corrected chi connectivity index (χ1v) is 8.28. The molecule has 0 bridgehead atoms. The predicted octanol–water partition coefficient (Wildman–Crippen LogP) is 3.58. The second-order valence-corrected chi connectivity index (χ2v) is 6.23. The molecule has 0 saturated heterocycles. The smallest absolute Gasteiger partial charge is 0.235 e. The number of hydrogen-bond acceptors (Lipinski definition) is 6. The van der Waals surface area contributed by atoms with E-state index in [9.17, 15) is 4.39 Å². The van der Waals surface area contributed by atoms with Crippen molar-refractivity contribution in [1.29, 1.82) is 0 Å². The van der Waals surface area contributed by atoms with E-state index in [1.165, 1.54) is 23.5 Å². The molecule has 0 N–H and O–H groups in total. The molecular weight excluding hydrogens is 343 g/mol. The van der Waals surface area contributed by atoms with Crippen molar-refractivity contribution in [2.75, 3.05) is 7.11 Å². The highest BCUT2D eigenvalue weighted by molar-refractivity contribution is 7.16. The largest absolute Gasteiger partial charge is 0.497 e. The van der Waals surface area contributed by atoms with Crippen molar-refractivity contribution in [3.05, 3.63) is 59.4 Å². The van der Waals surface area contributed by atoms with E-state index in [2.05, 4.69) is 15.3 Å². The van der Waals surface area contributed by atoms with E-state index >= 15 is 0 Å². The molecule has 25 heavy (non-hydrogen) atoms. The third-order valence-electron chi connectivity index (χ3n) is 3.56. The van der Waals surface area contributed by atoms with Gasteiger partial charge in [0.25, 0.3) is 0 Å². The van der Waals surface area contributed by atoms with Crippen LogP contribution in [0.15, 0.2) is 48.5 Å². The summed E-state index contributed by atoms with van der Waals surface area (Å²) in [6.45, 7) is 0.279. The average molecular weight is 356 g/mol. The first-order valence-electron chi connectivity index (χ1n) is 7.47. The van der Waals surface area contributed by atoms with Crippen LogP contribution in [0.2, 0.25) is 0 Å². The van der Waals surface area contributed by atoms with Gasteiger partial charge in [-0.2, -0.15) is 9.61 Å². The summed E-state index contributed by atoms with van der Waals surface area (Å²) in [5.74, 6) is 1.72. The summed E-state index contributed by atoms with van der Waals surface area (Å²) >= 11 is 1.40. The molecule has 0 aliphatic heterocycles. The second kappa shape index (κ2) is 6.48. The van der Waals surface area contributed by atoms with Crippen LogP contribution in [0, 0.1) is 5.82 Å². The van der Waals surface area contributed by atoms with E-state index in [0.29, 0.717) is 16.5 Å². The minimum absolute atomic E-state index is 0.279. The van der Waals surface area contributed by atoms with Crippen LogP contribution in [0.4, 0.5) is 4.39 Å². The van der Waals surface area contributed by atoms with E-state index in [1.54, 1.807) is 23.8 Å². The van der Waals surface area contributed by atoms with Gasteiger partial charge in [0.15, 0.2) is 10.8 Å². The molecule has 0 aliphatic carbocycles. The van der Waals surface area contributed by atoms with Crippen LogP contribution in [0.25, 0.3) is 16.3 Å². The number of fused-ring (bicyclic) bond motifs is 1. The van der Waals surface area contributed by atoms with Crippen LogP contribution in [-0.4, -0.2) is 26.9 Å². The van der Waals surface area contributed by atoms with Crippen LogP contribution in [0.1, 0.15) is 5.01 Å². The van der Waals surface area contributed by atoms with Crippen molar-refractivity contribution < 1.29 is 13.9 Å². The zero-order chi connectivity index (χ0) is 17.2. The molecule has 0 atom stereocenters. The highest BCUT2D eigenvalue weighted by Crippen LogP contribution is 2.24. The fourth-order valence-electron chi connectivity index (χ4n) is 2.31. The monoisotopic (exact) mass is 356 g/mol. The molecule has 2 aromatic heterocycles. The van der Waals surface area contributed by atoms with E-state index in [4.69, 9.17) is 9.47 Å². The molecule has 4 aromatic rings. The minimum Gasteiger partial charge on any atom is -0.497 e. The summed E-state index contributed by atoms with van der Waals surface area (Å²) in [6.07, 6.45) is 0. The summed E-state index contributed by atoms with van der Waals surface area (Å²) in [4.78, 5) is 0.684. The number of benzene rings is 2. The molecule has 2 heterocycles. The van der Waals surface area contributed by atoms with Gasteiger partial charge in [-0.15, -0.1) is 10.2 Å². The Kier molecular flexibility index (Phi) is 4.02. The Morgan fingerprint density at radius 1 is 1.00 bits per heavy atom. The van der Waals surface area contributed by atoms with Gasteiger partial charge in [0, 0.05) is 5.56 Å². The highest BCUT2D eigenvalue weighted by atomic mass is 32.1. The predicted molar refractivity (Wildman–Crippen MR) is 91.4 cm³/mol. The van der Waals surface area contributed by atoms with Gasteiger partial charge < -0.3 is 9.47 Å². The lowest BCUT2D eigenvalue weighted by molar-refractivity contribution is 0.303. The number of halogens is 1. The minimum atomic E-state index is -0.296. The van der Waals surface area contributed by atoms with Crippen molar-refractivity contribution in [1.82, 2.24) is 19.8 Å². The lowest BCUT2D eigenvalue weighted by atomic mass is 10.2. The average Bonchev–Trinajstić information content (AvgIpc) is 3.21. The van der Waals surface area contributed by atoms with Gasteiger partial charge in [-0.05, 0) is 48.5 Å². The molecule has 6 nitrogen and oxygen atoms in total. The van der Waals surface area contributed by atoms with Crippen LogP contribution in [0.3, 0.4) is 0 Å². The van der Waals surface area contributed by atoms with Crippen molar-refractivity contribution >= 4 is 16.3 Å². The van der Waals surface area contributed by atoms with Gasteiger partial charge in [0.2, 0.25) is 4.96 Å². The van der Waals surface area contributed by atoms with Crippen LogP contribution in [0.5, 0.6) is 11.5 Å². The lowest BCUT2D eigenvalue weighted by Crippen LogP contribution is -1.97. The van der Waals surface area contributed by atoms with Gasteiger partial charge in [-0.1, -0.05) is 11.3 Å². The lowest BCUT2D eigenvalue weighted by Gasteiger charge is -2.03. The molecule has 8 heteroatoms. The maximum absolute atomic E-state index is 12.9. The van der Waals surface area contributed by atoms with Gasteiger partial charge >= 0.3 is 0 Å². The number of nitrogens with zero attached hydrogens (tertiary/aromatic N) is 4. The summed E-state index contributed by atoms with van der Waals surface area (Å²) in [5, 5.41) is 13.6. The van der Waals surface area contributed by atoms with Gasteiger partial charge in [-0.25, -0.2) is 4.39 Å². The fourth-order valence-corrected chi connectivity index (χ4v) is 3.06. The van der Waals surface area contributed by atoms with Crippen molar-refractivity contribution in [2.45, 2.75) is 6.61 Å². The third-order valence-corrected chi connectivity index (χ3v) is 4.43. The number of rotatable bonds is 5. The Hall–Kier alpha value is -3.00. The number of aromatic nitrogens is 4.